The Morgan fingerprint density at radius 2 is 1.78 bits per heavy atom. The van der Waals surface area contributed by atoms with E-state index in [1.54, 1.807) is 16.8 Å². The van der Waals surface area contributed by atoms with Gasteiger partial charge in [-0.2, -0.15) is 0 Å². The molecule has 1 fully saturated rings. The van der Waals surface area contributed by atoms with E-state index >= 15 is 0 Å². The highest BCUT2D eigenvalue weighted by molar-refractivity contribution is 7.71. The summed E-state index contributed by atoms with van der Waals surface area (Å²) in [6.45, 7) is 6.28. The normalized spacial score (nSPS) is 15.1. The maximum Gasteiger partial charge on any atom is 0.288 e. The van der Waals surface area contributed by atoms with Gasteiger partial charge in [0.05, 0.1) is 13.2 Å². The third-order valence-electron chi connectivity index (χ3n) is 5.54. The van der Waals surface area contributed by atoms with Crippen molar-refractivity contribution >= 4 is 35.4 Å². The Morgan fingerprint density at radius 1 is 1.09 bits per heavy atom. The summed E-state index contributed by atoms with van der Waals surface area (Å²) in [5.41, 5.74) is 2.88. The van der Waals surface area contributed by atoms with Gasteiger partial charge in [-0.3, -0.25) is 14.6 Å². The fourth-order valence-corrected chi connectivity index (χ4v) is 4.03. The number of para-hydroxylation sites is 1. The highest BCUT2D eigenvalue weighted by Crippen LogP contribution is 2.20. The fourth-order valence-electron chi connectivity index (χ4n) is 3.73. The van der Waals surface area contributed by atoms with Crippen LogP contribution in [-0.4, -0.2) is 58.2 Å². The van der Waals surface area contributed by atoms with Crippen LogP contribution < -0.4 is 5.32 Å². The van der Waals surface area contributed by atoms with Crippen molar-refractivity contribution in [2.75, 3.05) is 38.0 Å². The summed E-state index contributed by atoms with van der Waals surface area (Å²) >= 11 is 11.3. The molecule has 168 valence electrons. The number of carbonyl (C=O) groups excluding carboxylic acids is 1. The minimum absolute atomic E-state index is 0.0191. The summed E-state index contributed by atoms with van der Waals surface area (Å²) < 4.78 is 7.36. The largest absolute Gasteiger partial charge is 0.409 e. The van der Waals surface area contributed by atoms with Crippen LogP contribution in [-0.2, 0) is 17.9 Å². The summed E-state index contributed by atoms with van der Waals surface area (Å²) in [6.07, 6.45) is 0.888. The van der Waals surface area contributed by atoms with Crippen LogP contribution in [0.1, 0.15) is 12.5 Å². The summed E-state index contributed by atoms with van der Waals surface area (Å²) in [7, 11) is 0. The van der Waals surface area contributed by atoms with E-state index in [1.165, 1.54) is 0 Å². The Labute approximate surface area is 197 Å². The van der Waals surface area contributed by atoms with E-state index in [1.807, 2.05) is 36.4 Å². The van der Waals surface area contributed by atoms with Crippen LogP contribution in [0.5, 0.6) is 0 Å². The van der Waals surface area contributed by atoms with E-state index in [0.29, 0.717) is 29.0 Å². The molecule has 0 saturated carbocycles. The summed E-state index contributed by atoms with van der Waals surface area (Å²) in [5, 5.41) is 8.22. The quantitative estimate of drug-likeness (QED) is 0.518. The average Bonchev–Trinajstić information content (AvgIpc) is 3.16. The van der Waals surface area contributed by atoms with Crippen molar-refractivity contribution in [2.45, 2.75) is 20.0 Å². The zero-order valence-electron chi connectivity index (χ0n) is 18.0. The molecule has 4 rings (SSSR count). The molecule has 0 radical (unpaired) electrons. The number of piperazine rings is 1. The first kappa shape index (κ1) is 22.7. The van der Waals surface area contributed by atoms with Crippen LogP contribution in [0.3, 0.4) is 0 Å². The SMILES string of the molecule is CCc1ccccc1NC(=O)CN1CCN(Cn2nc(-c3ccc(Cl)cc3)oc2=S)CC1. The maximum atomic E-state index is 12.5. The molecule has 0 unspecified atom stereocenters. The van der Waals surface area contributed by atoms with Gasteiger partial charge in [0.1, 0.15) is 0 Å². The molecule has 0 atom stereocenters. The molecule has 0 bridgehead atoms. The van der Waals surface area contributed by atoms with Crippen molar-refractivity contribution in [2.24, 2.45) is 0 Å². The van der Waals surface area contributed by atoms with Gasteiger partial charge in [0, 0.05) is 42.5 Å². The number of aromatic nitrogens is 2. The molecule has 7 nitrogen and oxygen atoms in total. The average molecular weight is 472 g/mol. The highest BCUT2D eigenvalue weighted by Gasteiger charge is 2.20. The van der Waals surface area contributed by atoms with E-state index in [0.717, 1.165) is 49.4 Å². The van der Waals surface area contributed by atoms with Gasteiger partial charge in [-0.25, -0.2) is 4.68 Å². The van der Waals surface area contributed by atoms with Crippen molar-refractivity contribution < 1.29 is 9.21 Å². The number of amides is 1. The van der Waals surface area contributed by atoms with Crippen LogP contribution in [0.25, 0.3) is 11.5 Å². The predicted octanol–water partition coefficient (Wildman–Crippen LogP) is 4.30. The Kier molecular flexibility index (Phi) is 7.36. The number of benzene rings is 2. The number of hydrogen-bond acceptors (Lipinski definition) is 6. The van der Waals surface area contributed by atoms with Gasteiger partial charge >= 0.3 is 0 Å². The number of carbonyl (C=O) groups is 1. The zero-order chi connectivity index (χ0) is 22.5. The zero-order valence-corrected chi connectivity index (χ0v) is 19.5. The van der Waals surface area contributed by atoms with Gasteiger partial charge in [0.15, 0.2) is 0 Å². The molecule has 1 saturated heterocycles. The van der Waals surface area contributed by atoms with Crippen LogP contribution in [0.4, 0.5) is 5.69 Å². The smallest absolute Gasteiger partial charge is 0.288 e. The standard InChI is InChI=1S/C23H26ClN5O2S/c1-2-17-5-3-4-6-20(17)25-21(30)15-27-11-13-28(14-12-27)16-29-23(32)31-22(26-29)18-7-9-19(24)10-8-18/h3-10H,2,11-16H2,1H3,(H,25,30). The summed E-state index contributed by atoms with van der Waals surface area (Å²) in [5.74, 6) is 0.500. The van der Waals surface area contributed by atoms with Gasteiger partial charge in [0.2, 0.25) is 11.8 Å². The first-order valence-corrected chi connectivity index (χ1v) is 11.5. The molecule has 1 aromatic heterocycles. The second-order valence-electron chi connectivity index (χ2n) is 7.77. The minimum Gasteiger partial charge on any atom is -0.409 e. The number of aryl methyl sites for hydroxylation is 1. The lowest BCUT2D eigenvalue weighted by molar-refractivity contribution is -0.117. The summed E-state index contributed by atoms with van der Waals surface area (Å²) in [4.78, 5) is 17.3. The molecule has 0 spiro atoms. The molecule has 1 amide bonds. The van der Waals surface area contributed by atoms with Crippen molar-refractivity contribution in [3.05, 3.63) is 64.0 Å². The third kappa shape index (κ3) is 5.63. The molecule has 2 heterocycles. The topological polar surface area (TPSA) is 66.5 Å². The van der Waals surface area contributed by atoms with Gasteiger partial charge in [0.25, 0.3) is 4.84 Å². The van der Waals surface area contributed by atoms with Gasteiger partial charge in [-0.05, 0) is 54.5 Å². The first-order chi connectivity index (χ1) is 15.5. The highest BCUT2D eigenvalue weighted by atomic mass is 35.5. The molecule has 2 aromatic carbocycles. The first-order valence-electron chi connectivity index (χ1n) is 10.7. The van der Waals surface area contributed by atoms with Crippen molar-refractivity contribution in [1.29, 1.82) is 0 Å². The Morgan fingerprint density at radius 3 is 2.50 bits per heavy atom. The lowest BCUT2D eigenvalue weighted by atomic mass is 10.1. The molecule has 32 heavy (non-hydrogen) atoms. The Hall–Kier alpha value is -2.52. The molecule has 9 heteroatoms. The van der Waals surface area contributed by atoms with Crippen LogP contribution in [0.2, 0.25) is 5.02 Å². The minimum atomic E-state index is 0.0191. The number of anilines is 1. The fraction of sp³-hybridized carbons (Fsp3) is 0.348. The number of hydrogen-bond donors (Lipinski definition) is 1. The molecule has 1 aliphatic heterocycles. The van der Waals surface area contributed by atoms with Crippen molar-refractivity contribution in [3.8, 4) is 11.5 Å². The van der Waals surface area contributed by atoms with E-state index in [4.69, 9.17) is 28.2 Å². The van der Waals surface area contributed by atoms with Crippen LogP contribution >= 0.6 is 23.8 Å². The van der Waals surface area contributed by atoms with E-state index in [-0.39, 0.29) is 5.91 Å². The maximum absolute atomic E-state index is 12.5. The van der Waals surface area contributed by atoms with Gasteiger partial charge < -0.3 is 9.73 Å². The van der Waals surface area contributed by atoms with E-state index in [9.17, 15) is 4.79 Å². The number of nitrogens with one attached hydrogen (secondary N) is 1. The number of nitrogens with zero attached hydrogens (tertiary/aromatic N) is 4. The van der Waals surface area contributed by atoms with E-state index in [2.05, 4.69) is 27.1 Å². The Bertz CT molecular complexity index is 1120. The number of halogens is 1. The van der Waals surface area contributed by atoms with Gasteiger partial charge in [-0.1, -0.05) is 36.7 Å². The Balaban J connectivity index is 1.28. The van der Waals surface area contributed by atoms with Crippen LogP contribution in [0, 0.1) is 4.84 Å². The number of rotatable bonds is 7. The summed E-state index contributed by atoms with van der Waals surface area (Å²) in [6, 6.07) is 15.2. The van der Waals surface area contributed by atoms with Crippen molar-refractivity contribution in [3.63, 3.8) is 0 Å². The monoisotopic (exact) mass is 471 g/mol. The molecule has 1 aliphatic rings. The molecule has 1 N–H and O–H groups in total. The van der Waals surface area contributed by atoms with Crippen LogP contribution in [0.15, 0.2) is 52.9 Å². The molecule has 3 aromatic rings. The molecular weight excluding hydrogens is 446 g/mol. The molecular formula is C23H26ClN5O2S. The third-order valence-corrected chi connectivity index (χ3v) is 6.08. The van der Waals surface area contributed by atoms with E-state index < -0.39 is 0 Å². The van der Waals surface area contributed by atoms with Crippen molar-refractivity contribution in [1.82, 2.24) is 19.6 Å². The van der Waals surface area contributed by atoms with Gasteiger partial charge in [-0.15, -0.1) is 5.10 Å². The molecule has 0 aliphatic carbocycles. The second kappa shape index (κ2) is 10.4. The predicted molar refractivity (Wildman–Crippen MR) is 128 cm³/mol. The lowest BCUT2D eigenvalue weighted by Gasteiger charge is -2.33. The second-order valence-corrected chi connectivity index (χ2v) is 8.56. The lowest BCUT2D eigenvalue weighted by Crippen LogP contribution is -2.49.